The lowest BCUT2D eigenvalue weighted by Crippen LogP contribution is -2.40. The van der Waals surface area contributed by atoms with E-state index in [9.17, 15) is 14.9 Å². The third-order valence-corrected chi connectivity index (χ3v) is 6.97. The Labute approximate surface area is 224 Å². The Morgan fingerprint density at radius 3 is 2.33 bits per heavy atom. The molecular formula is C26H38N2O6S2. The van der Waals surface area contributed by atoms with Crippen LogP contribution < -0.4 is 0 Å². The van der Waals surface area contributed by atoms with Crippen molar-refractivity contribution in [1.29, 1.82) is 5.26 Å². The first-order valence-electron chi connectivity index (χ1n) is 11.7. The molecule has 1 rings (SSSR count). The van der Waals surface area contributed by atoms with Crippen LogP contribution in [0.15, 0.2) is 30.3 Å². The molecule has 0 spiro atoms. The van der Waals surface area contributed by atoms with E-state index in [1.54, 1.807) is 27.9 Å². The SMILES string of the molecule is COCCOCOC(=O)C(C)(CC(CC(C)(C)C#N)C(=O)OCCN(C)C)SC(=S)c1ccccc1. The molecule has 8 nitrogen and oxygen atoms in total. The number of carbonyl (C=O) groups excluding carboxylic acids is 2. The molecule has 0 aliphatic heterocycles. The first kappa shape index (κ1) is 32.0. The number of thioether (sulfide) groups is 1. The molecule has 10 heteroatoms. The Morgan fingerprint density at radius 2 is 1.75 bits per heavy atom. The summed E-state index contributed by atoms with van der Waals surface area (Å²) in [5.74, 6) is -1.74. The number of nitriles is 1. The molecule has 1 aromatic carbocycles. The molecule has 0 heterocycles. The predicted molar refractivity (Wildman–Crippen MR) is 145 cm³/mol. The molecule has 0 bridgehead atoms. The molecule has 0 fully saturated rings. The molecule has 0 amide bonds. The van der Waals surface area contributed by atoms with Crippen LogP contribution in [0, 0.1) is 22.7 Å². The largest absolute Gasteiger partial charge is 0.464 e. The summed E-state index contributed by atoms with van der Waals surface area (Å²) in [4.78, 5) is 28.4. The smallest absolute Gasteiger partial charge is 0.324 e. The molecule has 0 radical (unpaired) electrons. The zero-order valence-corrected chi connectivity index (χ0v) is 23.7. The van der Waals surface area contributed by atoms with Gasteiger partial charge in [-0.25, -0.2) is 0 Å². The highest BCUT2D eigenvalue weighted by Crippen LogP contribution is 2.40. The van der Waals surface area contributed by atoms with Crippen LogP contribution in [-0.4, -0.2) is 80.1 Å². The Kier molecular flexibility index (Phi) is 14.2. The van der Waals surface area contributed by atoms with Gasteiger partial charge in [0.15, 0.2) is 6.79 Å². The van der Waals surface area contributed by atoms with Crippen LogP contribution in [-0.2, 0) is 28.5 Å². The Balaban J connectivity index is 3.17. The summed E-state index contributed by atoms with van der Waals surface area (Å²) in [6.45, 7) is 6.37. The van der Waals surface area contributed by atoms with E-state index in [0.717, 1.165) is 17.3 Å². The van der Waals surface area contributed by atoms with E-state index in [-0.39, 0.29) is 32.8 Å². The number of thiocarbonyl (C=S) groups is 1. The second kappa shape index (κ2) is 15.9. The summed E-state index contributed by atoms with van der Waals surface area (Å²) in [5.41, 5.74) is -0.0143. The summed E-state index contributed by atoms with van der Waals surface area (Å²) in [6, 6.07) is 11.6. The minimum Gasteiger partial charge on any atom is -0.464 e. The number of likely N-dealkylation sites (N-methyl/N-ethyl adjacent to an activating group) is 1. The van der Waals surface area contributed by atoms with E-state index in [4.69, 9.17) is 31.2 Å². The molecule has 1 aromatic rings. The Morgan fingerprint density at radius 1 is 1.08 bits per heavy atom. The van der Waals surface area contributed by atoms with Crippen molar-refractivity contribution in [3.63, 3.8) is 0 Å². The van der Waals surface area contributed by atoms with Gasteiger partial charge in [-0.3, -0.25) is 9.59 Å². The monoisotopic (exact) mass is 538 g/mol. The summed E-state index contributed by atoms with van der Waals surface area (Å²) in [5, 5.41) is 9.61. The fourth-order valence-electron chi connectivity index (χ4n) is 3.27. The van der Waals surface area contributed by atoms with Gasteiger partial charge in [-0.1, -0.05) is 54.3 Å². The lowest BCUT2D eigenvalue weighted by Gasteiger charge is -2.32. The van der Waals surface area contributed by atoms with Crippen LogP contribution in [0.25, 0.3) is 0 Å². The summed E-state index contributed by atoms with van der Waals surface area (Å²) in [6.07, 6.45) is 0.295. The molecule has 0 saturated heterocycles. The van der Waals surface area contributed by atoms with Crippen LogP contribution in [0.3, 0.4) is 0 Å². The maximum Gasteiger partial charge on any atom is 0.324 e. The number of hydrogen-bond donors (Lipinski definition) is 0. The number of benzene rings is 1. The Bertz CT molecular complexity index is 888. The van der Waals surface area contributed by atoms with Crippen molar-refractivity contribution in [2.45, 2.75) is 38.4 Å². The van der Waals surface area contributed by atoms with Crippen LogP contribution in [0.4, 0.5) is 0 Å². The number of hydrogen-bond acceptors (Lipinski definition) is 10. The standard InChI is InChI=1S/C26H38N2O6S2/c1-25(2,18-27)16-21(22(29)33-13-12-28(4)5)17-26(3,24(30)34-19-32-15-14-31-6)36-23(35)20-10-8-7-9-11-20/h7-11,21H,12-17,19H2,1-6H3. The van der Waals surface area contributed by atoms with E-state index in [1.165, 1.54) is 0 Å². The summed E-state index contributed by atoms with van der Waals surface area (Å²) < 4.78 is 20.4. The highest BCUT2D eigenvalue weighted by Gasteiger charge is 2.43. The zero-order valence-electron chi connectivity index (χ0n) is 22.1. The van der Waals surface area contributed by atoms with Gasteiger partial charge in [0.05, 0.1) is 34.8 Å². The van der Waals surface area contributed by atoms with Crippen LogP contribution in [0.1, 0.15) is 39.2 Å². The fraction of sp³-hybridized carbons (Fsp3) is 0.615. The molecular weight excluding hydrogens is 500 g/mol. The number of rotatable bonds is 16. The van der Waals surface area contributed by atoms with Crippen molar-refractivity contribution in [1.82, 2.24) is 4.90 Å². The average Bonchev–Trinajstić information content (AvgIpc) is 2.83. The number of nitrogens with zero attached hydrogens (tertiary/aromatic N) is 2. The van der Waals surface area contributed by atoms with Gasteiger partial charge in [0, 0.05) is 13.7 Å². The first-order chi connectivity index (χ1) is 16.9. The van der Waals surface area contributed by atoms with E-state index in [1.807, 2.05) is 49.3 Å². The van der Waals surface area contributed by atoms with Crippen molar-refractivity contribution in [3.05, 3.63) is 35.9 Å². The van der Waals surface area contributed by atoms with Gasteiger partial charge in [-0.05, 0) is 53.3 Å². The number of ether oxygens (including phenoxy) is 4. The summed E-state index contributed by atoms with van der Waals surface area (Å²) >= 11 is 6.80. The molecule has 2 atom stereocenters. The zero-order chi connectivity index (χ0) is 27.2. The minimum absolute atomic E-state index is 0.0768. The third kappa shape index (κ3) is 11.8. The van der Waals surface area contributed by atoms with Crippen molar-refractivity contribution >= 4 is 40.1 Å². The van der Waals surface area contributed by atoms with E-state index in [0.29, 0.717) is 17.3 Å². The van der Waals surface area contributed by atoms with E-state index >= 15 is 0 Å². The van der Waals surface area contributed by atoms with E-state index in [2.05, 4.69) is 6.07 Å². The average molecular weight is 539 g/mol. The maximum atomic E-state index is 13.3. The van der Waals surface area contributed by atoms with Gasteiger partial charge in [0.25, 0.3) is 0 Å². The van der Waals surface area contributed by atoms with Gasteiger partial charge in [-0.2, -0.15) is 5.26 Å². The summed E-state index contributed by atoms with van der Waals surface area (Å²) in [7, 11) is 5.31. The van der Waals surface area contributed by atoms with Gasteiger partial charge in [-0.15, -0.1) is 0 Å². The molecule has 0 saturated carbocycles. The van der Waals surface area contributed by atoms with Crippen molar-refractivity contribution in [3.8, 4) is 6.07 Å². The topological polar surface area (TPSA) is 98.1 Å². The quantitative estimate of drug-likeness (QED) is 0.133. The normalized spacial score (nSPS) is 13.9. The molecule has 0 aliphatic rings. The molecule has 0 aliphatic carbocycles. The van der Waals surface area contributed by atoms with Crippen LogP contribution >= 0.6 is 24.0 Å². The first-order valence-corrected chi connectivity index (χ1v) is 12.9. The number of methoxy groups -OCH3 is 1. The van der Waals surface area contributed by atoms with Gasteiger partial charge < -0.3 is 23.8 Å². The van der Waals surface area contributed by atoms with Crippen LogP contribution in [0.2, 0.25) is 0 Å². The molecule has 0 N–H and O–H groups in total. The van der Waals surface area contributed by atoms with Crippen molar-refractivity contribution in [2.75, 3.05) is 54.4 Å². The molecule has 36 heavy (non-hydrogen) atoms. The van der Waals surface area contributed by atoms with Gasteiger partial charge in [0.1, 0.15) is 11.4 Å². The van der Waals surface area contributed by atoms with E-state index < -0.39 is 28.0 Å². The Hall–Kier alpha value is -2.03. The van der Waals surface area contributed by atoms with Crippen LogP contribution in [0.5, 0.6) is 0 Å². The number of carbonyl (C=O) groups is 2. The highest BCUT2D eigenvalue weighted by molar-refractivity contribution is 8.25. The molecule has 200 valence electrons. The van der Waals surface area contributed by atoms with Crippen molar-refractivity contribution < 1.29 is 28.5 Å². The fourth-order valence-corrected chi connectivity index (χ4v) is 5.05. The third-order valence-electron chi connectivity index (χ3n) is 5.28. The van der Waals surface area contributed by atoms with Gasteiger partial charge in [0.2, 0.25) is 0 Å². The molecule has 2 unspecified atom stereocenters. The second-order valence-corrected chi connectivity index (χ2v) is 11.7. The van der Waals surface area contributed by atoms with Gasteiger partial charge >= 0.3 is 11.9 Å². The number of esters is 2. The predicted octanol–water partition coefficient (Wildman–Crippen LogP) is 4.07. The second-order valence-electron chi connectivity index (χ2n) is 9.51. The van der Waals surface area contributed by atoms with Crippen molar-refractivity contribution in [2.24, 2.45) is 11.3 Å². The molecule has 0 aromatic heterocycles. The minimum atomic E-state index is -1.23. The highest BCUT2D eigenvalue weighted by atomic mass is 32.2. The lowest BCUT2D eigenvalue weighted by atomic mass is 9.80. The lowest BCUT2D eigenvalue weighted by molar-refractivity contribution is -0.161. The maximum absolute atomic E-state index is 13.3.